The Morgan fingerprint density at radius 1 is 1.45 bits per heavy atom. The van der Waals surface area contributed by atoms with Crippen molar-refractivity contribution in [3.8, 4) is 11.5 Å². The highest BCUT2D eigenvalue weighted by molar-refractivity contribution is 5.79. The number of nitrogens with one attached hydrogen (secondary N) is 1. The number of rotatable bonds is 3. The van der Waals surface area contributed by atoms with Crippen molar-refractivity contribution in [2.24, 2.45) is 11.7 Å². The molecule has 1 amide bonds. The largest absolute Gasteiger partial charge is 0.496 e. The third kappa shape index (κ3) is 2.12. The van der Waals surface area contributed by atoms with Crippen molar-refractivity contribution in [2.75, 3.05) is 20.2 Å². The van der Waals surface area contributed by atoms with E-state index in [1.165, 1.54) is 5.56 Å². The highest BCUT2D eigenvalue weighted by Crippen LogP contribution is 2.41. The van der Waals surface area contributed by atoms with Gasteiger partial charge in [0.05, 0.1) is 13.0 Å². The Kier molecular flexibility index (Phi) is 3.30. The lowest BCUT2D eigenvalue weighted by molar-refractivity contribution is -0.121. The van der Waals surface area contributed by atoms with E-state index in [0.29, 0.717) is 6.54 Å². The van der Waals surface area contributed by atoms with Gasteiger partial charge in [-0.1, -0.05) is 0 Å². The van der Waals surface area contributed by atoms with Crippen LogP contribution in [0.25, 0.3) is 0 Å². The molecular weight excluding hydrogens is 256 g/mol. The van der Waals surface area contributed by atoms with E-state index in [9.17, 15) is 4.79 Å². The van der Waals surface area contributed by atoms with Crippen LogP contribution in [0.4, 0.5) is 0 Å². The highest BCUT2D eigenvalue weighted by atomic mass is 16.5. The van der Waals surface area contributed by atoms with Crippen LogP contribution in [0.3, 0.4) is 0 Å². The maximum absolute atomic E-state index is 11.6. The molecule has 2 aliphatic heterocycles. The summed E-state index contributed by atoms with van der Waals surface area (Å²) in [4.78, 5) is 11.6. The molecule has 0 aromatic heterocycles. The molecule has 3 N–H and O–H groups in total. The van der Waals surface area contributed by atoms with Gasteiger partial charge in [0.25, 0.3) is 0 Å². The SMILES string of the molecule is COc1cc2c(cc1C1CNCC1C(N)=O)OC(C)C2. The molecule has 20 heavy (non-hydrogen) atoms. The number of benzene rings is 1. The Morgan fingerprint density at radius 2 is 2.25 bits per heavy atom. The van der Waals surface area contributed by atoms with Crippen LogP contribution in [0, 0.1) is 5.92 Å². The number of hydrogen-bond donors (Lipinski definition) is 2. The summed E-state index contributed by atoms with van der Waals surface area (Å²) in [5.41, 5.74) is 7.68. The smallest absolute Gasteiger partial charge is 0.222 e. The van der Waals surface area contributed by atoms with Crippen LogP contribution < -0.4 is 20.5 Å². The van der Waals surface area contributed by atoms with Crippen LogP contribution in [0.1, 0.15) is 24.0 Å². The molecule has 1 fully saturated rings. The van der Waals surface area contributed by atoms with Crippen molar-refractivity contribution < 1.29 is 14.3 Å². The summed E-state index contributed by atoms with van der Waals surface area (Å²) in [7, 11) is 1.66. The molecule has 0 saturated carbocycles. The van der Waals surface area contributed by atoms with Gasteiger partial charge in [-0.25, -0.2) is 0 Å². The minimum absolute atomic E-state index is 0.0484. The molecule has 3 rings (SSSR count). The molecule has 0 aliphatic carbocycles. The number of nitrogens with two attached hydrogens (primary N) is 1. The maximum Gasteiger partial charge on any atom is 0.222 e. The van der Waals surface area contributed by atoms with Crippen LogP contribution in [0.5, 0.6) is 11.5 Å². The van der Waals surface area contributed by atoms with Gasteiger partial charge in [0, 0.05) is 36.6 Å². The van der Waals surface area contributed by atoms with Gasteiger partial charge in [0.15, 0.2) is 0 Å². The molecule has 108 valence electrons. The number of hydrogen-bond acceptors (Lipinski definition) is 4. The molecule has 2 aliphatic rings. The number of primary amides is 1. The average molecular weight is 276 g/mol. The molecule has 3 unspecified atom stereocenters. The van der Waals surface area contributed by atoms with E-state index in [-0.39, 0.29) is 23.8 Å². The first-order valence-electron chi connectivity index (χ1n) is 6.97. The number of carbonyl (C=O) groups is 1. The van der Waals surface area contributed by atoms with Crippen molar-refractivity contribution in [1.29, 1.82) is 0 Å². The third-order valence-electron chi connectivity index (χ3n) is 4.23. The van der Waals surface area contributed by atoms with Gasteiger partial charge in [-0.05, 0) is 19.1 Å². The number of fused-ring (bicyclic) bond motifs is 1. The number of carbonyl (C=O) groups excluding carboxylic acids is 1. The van der Waals surface area contributed by atoms with Crippen LogP contribution in [-0.4, -0.2) is 32.2 Å². The fourth-order valence-electron chi connectivity index (χ4n) is 3.23. The summed E-state index contributed by atoms with van der Waals surface area (Å²) in [5.74, 6) is 1.31. The van der Waals surface area contributed by atoms with E-state index in [0.717, 1.165) is 30.0 Å². The van der Waals surface area contributed by atoms with Gasteiger partial charge in [0.2, 0.25) is 5.91 Å². The van der Waals surface area contributed by atoms with E-state index in [1.54, 1.807) is 7.11 Å². The van der Waals surface area contributed by atoms with Crippen molar-refractivity contribution in [2.45, 2.75) is 25.4 Å². The van der Waals surface area contributed by atoms with E-state index in [1.807, 2.05) is 12.1 Å². The van der Waals surface area contributed by atoms with Gasteiger partial charge in [-0.2, -0.15) is 0 Å². The molecule has 1 aromatic carbocycles. The average Bonchev–Trinajstić information content (AvgIpc) is 3.01. The van der Waals surface area contributed by atoms with Gasteiger partial charge >= 0.3 is 0 Å². The molecule has 0 spiro atoms. The zero-order valence-electron chi connectivity index (χ0n) is 11.8. The lowest BCUT2D eigenvalue weighted by Gasteiger charge is -2.19. The number of amides is 1. The molecule has 0 radical (unpaired) electrons. The minimum Gasteiger partial charge on any atom is -0.496 e. The molecule has 1 aromatic rings. The fraction of sp³-hybridized carbons (Fsp3) is 0.533. The van der Waals surface area contributed by atoms with Crippen LogP contribution in [-0.2, 0) is 11.2 Å². The number of ether oxygens (including phenoxy) is 2. The van der Waals surface area contributed by atoms with Crippen molar-refractivity contribution in [1.82, 2.24) is 5.32 Å². The lowest BCUT2D eigenvalue weighted by Crippen LogP contribution is -2.28. The molecule has 0 bridgehead atoms. The second-order valence-electron chi connectivity index (χ2n) is 5.61. The van der Waals surface area contributed by atoms with Crippen molar-refractivity contribution >= 4 is 5.91 Å². The Labute approximate surface area is 118 Å². The van der Waals surface area contributed by atoms with Gasteiger partial charge in [0.1, 0.15) is 17.6 Å². The monoisotopic (exact) mass is 276 g/mol. The predicted molar refractivity (Wildman–Crippen MR) is 75.1 cm³/mol. The Balaban J connectivity index is 2.01. The molecule has 1 saturated heterocycles. The quantitative estimate of drug-likeness (QED) is 0.856. The summed E-state index contributed by atoms with van der Waals surface area (Å²) in [6, 6.07) is 4.05. The molecule has 2 heterocycles. The second kappa shape index (κ2) is 4.98. The van der Waals surface area contributed by atoms with E-state index >= 15 is 0 Å². The first-order valence-corrected chi connectivity index (χ1v) is 6.97. The van der Waals surface area contributed by atoms with E-state index in [2.05, 4.69) is 12.2 Å². The first kappa shape index (κ1) is 13.2. The molecule has 5 heteroatoms. The normalized spacial score (nSPS) is 28.0. The Bertz CT molecular complexity index is 544. The Morgan fingerprint density at radius 3 is 2.95 bits per heavy atom. The Hall–Kier alpha value is -1.75. The van der Waals surface area contributed by atoms with E-state index in [4.69, 9.17) is 15.2 Å². The topological polar surface area (TPSA) is 73.6 Å². The summed E-state index contributed by atoms with van der Waals surface area (Å²) >= 11 is 0. The van der Waals surface area contributed by atoms with Crippen LogP contribution >= 0.6 is 0 Å². The summed E-state index contributed by atoms with van der Waals surface area (Å²) in [6.45, 7) is 3.41. The zero-order chi connectivity index (χ0) is 14.3. The first-order chi connectivity index (χ1) is 9.60. The third-order valence-corrected chi connectivity index (χ3v) is 4.23. The van der Waals surface area contributed by atoms with Crippen molar-refractivity contribution in [3.05, 3.63) is 23.3 Å². The molecular formula is C15H20N2O3. The van der Waals surface area contributed by atoms with Gasteiger partial charge < -0.3 is 20.5 Å². The van der Waals surface area contributed by atoms with E-state index < -0.39 is 0 Å². The van der Waals surface area contributed by atoms with Gasteiger partial charge in [-0.3, -0.25) is 4.79 Å². The highest BCUT2D eigenvalue weighted by Gasteiger charge is 2.35. The van der Waals surface area contributed by atoms with Crippen molar-refractivity contribution in [3.63, 3.8) is 0 Å². The summed E-state index contributed by atoms with van der Waals surface area (Å²) < 4.78 is 11.3. The summed E-state index contributed by atoms with van der Waals surface area (Å²) in [6.07, 6.45) is 1.09. The van der Waals surface area contributed by atoms with Gasteiger partial charge in [-0.15, -0.1) is 0 Å². The lowest BCUT2D eigenvalue weighted by atomic mass is 9.87. The minimum atomic E-state index is -0.267. The van der Waals surface area contributed by atoms with Crippen LogP contribution in [0.15, 0.2) is 12.1 Å². The predicted octanol–water partition coefficient (Wildman–Crippen LogP) is 0.807. The molecule has 5 nitrogen and oxygen atoms in total. The second-order valence-corrected chi connectivity index (χ2v) is 5.61. The zero-order valence-corrected chi connectivity index (χ0v) is 11.8. The molecule has 3 atom stereocenters. The fourth-order valence-corrected chi connectivity index (χ4v) is 3.23. The maximum atomic E-state index is 11.6. The summed E-state index contributed by atoms with van der Waals surface area (Å²) in [5, 5.41) is 3.23. The standard InChI is InChI=1S/C15H20N2O3/c1-8-3-9-4-14(19-2)10(5-13(9)20-8)11-6-17-7-12(11)15(16)18/h4-5,8,11-12,17H,3,6-7H2,1-2H3,(H2,16,18). The van der Waals surface area contributed by atoms with Crippen LogP contribution in [0.2, 0.25) is 0 Å². The number of methoxy groups -OCH3 is 1.